The van der Waals surface area contributed by atoms with Gasteiger partial charge in [0.2, 0.25) is 0 Å². The van der Waals surface area contributed by atoms with E-state index in [-0.39, 0.29) is 0 Å². The van der Waals surface area contributed by atoms with Crippen LogP contribution in [-0.4, -0.2) is 37.3 Å². The van der Waals surface area contributed by atoms with Crippen molar-refractivity contribution < 1.29 is 9.90 Å². The largest absolute Gasteiger partial charge is 0.478 e. The van der Waals surface area contributed by atoms with E-state index in [0.29, 0.717) is 5.56 Å². The summed E-state index contributed by atoms with van der Waals surface area (Å²) in [6.07, 6.45) is 0. The van der Waals surface area contributed by atoms with Crippen LogP contribution in [0.2, 0.25) is 0 Å². The summed E-state index contributed by atoms with van der Waals surface area (Å²) in [4.78, 5) is 15.5. The molecule has 0 unspecified atom stereocenters. The number of para-hydroxylation sites is 1. The van der Waals surface area contributed by atoms with Gasteiger partial charge in [0.15, 0.2) is 0 Å². The van der Waals surface area contributed by atoms with Gasteiger partial charge in [0, 0.05) is 26.2 Å². The number of hydrogen-bond acceptors (Lipinski definition) is 3. The molecule has 3 heterocycles. The Bertz CT molecular complexity index is 423. The topological polar surface area (TPSA) is 43.8 Å². The molecule has 0 amide bonds. The fraction of sp³-hybridized carbons (Fsp3) is 0.364. The molecule has 4 heteroatoms. The third-order valence-corrected chi connectivity index (χ3v) is 3.18. The van der Waals surface area contributed by atoms with E-state index >= 15 is 0 Å². The van der Waals surface area contributed by atoms with E-state index < -0.39 is 5.97 Å². The van der Waals surface area contributed by atoms with Gasteiger partial charge in [-0.1, -0.05) is 6.07 Å². The van der Waals surface area contributed by atoms with Crippen LogP contribution < -0.4 is 9.80 Å². The fourth-order valence-electron chi connectivity index (χ4n) is 2.46. The first-order chi connectivity index (χ1) is 7.27. The molecule has 1 fully saturated rings. The van der Waals surface area contributed by atoms with Crippen molar-refractivity contribution in [1.29, 1.82) is 0 Å². The normalized spacial score (nSPS) is 17.9. The van der Waals surface area contributed by atoms with Crippen LogP contribution in [0.4, 0.5) is 11.4 Å². The van der Waals surface area contributed by atoms with Crippen LogP contribution >= 0.6 is 0 Å². The molecule has 3 aliphatic rings. The number of carbonyl (C=O) groups is 1. The number of carboxylic acid groups (broad SMARTS) is 1. The molecule has 1 N–H and O–H groups in total. The number of anilines is 2. The molecule has 0 aliphatic carbocycles. The molecule has 0 saturated carbocycles. The molecule has 15 heavy (non-hydrogen) atoms. The highest BCUT2D eigenvalue weighted by Crippen LogP contribution is 2.38. The molecular formula is C11H12N2O2. The number of nitrogens with zero attached hydrogens (tertiary/aromatic N) is 2. The van der Waals surface area contributed by atoms with E-state index in [1.54, 1.807) is 6.07 Å². The summed E-state index contributed by atoms with van der Waals surface area (Å²) in [5.74, 6) is -0.833. The Morgan fingerprint density at radius 3 is 2.47 bits per heavy atom. The van der Waals surface area contributed by atoms with Gasteiger partial charge in [-0.05, 0) is 12.1 Å². The minimum atomic E-state index is -0.833. The zero-order valence-corrected chi connectivity index (χ0v) is 8.31. The molecule has 0 radical (unpaired) electrons. The molecule has 1 aromatic carbocycles. The van der Waals surface area contributed by atoms with E-state index in [0.717, 1.165) is 37.6 Å². The van der Waals surface area contributed by atoms with Gasteiger partial charge in [-0.3, -0.25) is 0 Å². The maximum absolute atomic E-state index is 11.1. The number of benzene rings is 1. The first kappa shape index (κ1) is 8.59. The lowest BCUT2D eigenvalue weighted by Crippen LogP contribution is -2.52. The van der Waals surface area contributed by atoms with E-state index in [9.17, 15) is 4.79 Å². The van der Waals surface area contributed by atoms with Crippen LogP contribution in [0.3, 0.4) is 0 Å². The van der Waals surface area contributed by atoms with Crippen molar-refractivity contribution in [2.45, 2.75) is 0 Å². The first-order valence-corrected chi connectivity index (χ1v) is 5.13. The predicted molar refractivity (Wildman–Crippen MR) is 57.8 cm³/mol. The number of aromatic carboxylic acids is 1. The summed E-state index contributed by atoms with van der Waals surface area (Å²) < 4.78 is 0. The zero-order chi connectivity index (χ0) is 10.4. The zero-order valence-electron chi connectivity index (χ0n) is 8.31. The number of rotatable bonds is 1. The van der Waals surface area contributed by atoms with E-state index in [2.05, 4.69) is 9.80 Å². The second-order valence-electron chi connectivity index (χ2n) is 3.95. The van der Waals surface area contributed by atoms with Crippen LogP contribution in [0.15, 0.2) is 18.2 Å². The summed E-state index contributed by atoms with van der Waals surface area (Å²) in [6.45, 7) is 3.90. The minimum absolute atomic E-state index is 0.428. The summed E-state index contributed by atoms with van der Waals surface area (Å²) in [7, 11) is 0. The van der Waals surface area contributed by atoms with E-state index in [4.69, 9.17) is 5.11 Å². The summed E-state index contributed by atoms with van der Waals surface area (Å²) >= 11 is 0. The maximum atomic E-state index is 11.1. The molecule has 4 rings (SSSR count). The molecule has 1 saturated heterocycles. The Morgan fingerprint density at radius 2 is 1.80 bits per heavy atom. The van der Waals surface area contributed by atoms with Crippen molar-refractivity contribution in [2.24, 2.45) is 0 Å². The molecule has 4 nitrogen and oxygen atoms in total. The van der Waals surface area contributed by atoms with Gasteiger partial charge in [0.1, 0.15) is 0 Å². The maximum Gasteiger partial charge on any atom is 0.337 e. The second kappa shape index (κ2) is 2.89. The van der Waals surface area contributed by atoms with Crippen molar-refractivity contribution in [3.05, 3.63) is 23.8 Å². The van der Waals surface area contributed by atoms with Gasteiger partial charge < -0.3 is 14.9 Å². The van der Waals surface area contributed by atoms with Crippen LogP contribution in [0, 0.1) is 0 Å². The number of hydrogen-bond donors (Lipinski definition) is 1. The SMILES string of the molecule is O=C(O)c1cccc2c1N1CCN2CC1. The summed E-state index contributed by atoms with van der Waals surface area (Å²) in [6, 6.07) is 5.51. The van der Waals surface area contributed by atoms with Gasteiger partial charge in [-0.2, -0.15) is 0 Å². The van der Waals surface area contributed by atoms with E-state index in [1.807, 2.05) is 12.1 Å². The van der Waals surface area contributed by atoms with Gasteiger partial charge >= 0.3 is 5.97 Å². The van der Waals surface area contributed by atoms with E-state index in [1.165, 1.54) is 0 Å². The summed E-state index contributed by atoms with van der Waals surface area (Å²) in [5.41, 5.74) is 2.41. The third kappa shape index (κ3) is 1.11. The average Bonchev–Trinajstić information content (AvgIpc) is 2.30. The molecule has 2 bridgehead atoms. The lowest BCUT2D eigenvalue weighted by atomic mass is 10.0. The smallest absolute Gasteiger partial charge is 0.337 e. The van der Waals surface area contributed by atoms with Gasteiger partial charge in [-0.25, -0.2) is 4.79 Å². The molecular weight excluding hydrogens is 192 g/mol. The second-order valence-corrected chi connectivity index (χ2v) is 3.95. The first-order valence-electron chi connectivity index (χ1n) is 5.13. The minimum Gasteiger partial charge on any atom is -0.478 e. The Hall–Kier alpha value is -1.71. The van der Waals surface area contributed by atoms with Crippen LogP contribution in [0.25, 0.3) is 0 Å². The monoisotopic (exact) mass is 204 g/mol. The predicted octanol–water partition coefficient (Wildman–Crippen LogP) is 1.02. The van der Waals surface area contributed by atoms with Crippen molar-refractivity contribution >= 4 is 17.3 Å². The number of piperazine rings is 1. The number of carboxylic acids is 1. The average molecular weight is 204 g/mol. The molecule has 3 aliphatic heterocycles. The van der Waals surface area contributed by atoms with Crippen LogP contribution in [0.1, 0.15) is 10.4 Å². The lowest BCUT2D eigenvalue weighted by Gasteiger charge is -2.45. The molecule has 0 atom stereocenters. The number of fused-ring (bicyclic) bond motifs is 2. The van der Waals surface area contributed by atoms with Gasteiger partial charge in [0.05, 0.1) is 16.9 Å². The summed E-state index contributed by atoms with van der Waals surface area (Å²) in [5, 5.41) is 9.12. The van der Waals surface area contributed by atoms with Crippen molar-refractivity contribution in [2.75, 3.05) is 36.0 Å². The molecule has 0 aromatic heterocycles. The Balaban J connectivity index is 2.22. The van der Waals surface area contributed by atoms with Crippen LogP contribution in [0.5, 0.6) is 0 Å². The Morgan fingerprint density at radius 1 is 1.13 bits per heavy atom. The van der Waals surface area contributed by atoms with Crippen molar-refractivity contribution in [3.8, 4) is 0 Å². The lowest BCUT2D eigenvalue weighted by molar-refractivity contribution is 0.0697. The standard InChI is InChI=1S/C11H12N2O2/c14-11(15)8-2-1-3-9-10(8)13-6-4-12(9)5-7-13/h1-3H,4-7H2,(H,14,15). The Kier molecular flexibility index (Phi) is 1.65. The highest BCUT2D eigenvalue weighted by atomic mass is 16.4. The third-order valence-electron chi connectivity index (χ3n) is 3.18. The van der Waals surface area contributed by atoms with Gasteiger partial charge in [0.25, 0.3) is 0 Å². The quantitative estimate of drug-likeness (QED) is 0.742. The van der Waals surface area contributed by atoms with Crippen molar-refractivity contribution in [3.63, 3.8) is 0 Å². The Labute approximate surface area is 87.7 Å². The highest BCUT2D eigenvalue weighted by Gasteiger charge is 2.31. The highest BCUT2D eigenvalue weighted by molar-refractivity contribution is 5.99. The molecule has 78 valence electrons. The van der Waals surface area contributed by atoms with Crippen LogP contribution in [-0.2, 0) is 0 Å². The van der Waals surface area contributed by atoms with Gasteiger partial charge in [-0.15, -0.1) is 0 Å². The van der Waals surface area contributed by atoms with Crippen molar-refractivity contribution in [1.82, 2.24) is 0 Å². The molecule has 0 spiro atoms. The molecule has 1 aromatic rings. The fourth-order valence-corrected chi connectivity index (χ4v) is 2.46.